The Hall–Kier alpha value is -3.51. The van der Waals surface area contributed by atoms with Crippen molar-refractivity contribution >= 4 is 11.6 Å². The predicted molar refractivity (Wildman–Crippen MR) is 116 cm³/mol. The smallest absolute Gasteiger partial charge is 0.385 e. The van der Waals surface area contributed by atoms with Gasteiger partial charge in [0.05, 0.1) is 18.3 Å². The van der Waals surface area contributed by atoms with Crippen LogP contribution in [-0.4, -0.2) is 45.4 Å². The van der Waals surface area contributed by atoms with Crippen molar-refractivity contribution < 1.29 is 18.3 Å². The Morgan fingerprint density at radius 3 is 2.50 bits per heavy atom. The van der Waals surface area contributed by atoms with Crippen molar-refractivity contribution in [3.8, 4) is 17.1 Å². The highest BCUT2D eigenvalue weighted by Crippen LogP contribution is 2.23. The summed E-state index contributed by atoms with van der Waals surface area (Å²) in [7, 11) is 0. The number of rotatable bonds is 7. The second-order valence-corrected chi connectivity index (χ2v) is 7.91. The molecule has 13 heteroatoms. The lowest BCUT2D eigenvalue weighted by molar-refractivity contribution is -0.136. The molecule has 0 saturated heterocycles. The van der Waals surface area contributed by atoms with E-state index in [-0.39, 0.29) is 24.0 Å². The standard InChI is InChI=1S/C21H19ClF3N7O2/c1-13(33)18-27-17(28-32(18)16-3-2-9-26-11-16)12-31-20(34)30(10-8-21(23,24)25)19(29-31)14-4-6-15(22)7-5-14/h2-7,9,11,13,33H,8,10,12H2,1H3. The number of aromatic nitrogens is 7. The highest BCUT2D eigenvalue weighted by Gasteiger charge is 2.29. The van der Waals surface area contributed by atoms with Gasteiger partial charge >= 0.3 is 11.9 Å². The first-order valence-corrected chi connectivity index (χ1v) is 10.5. The molecular weight excluding hydrogens is 475 g/mol. The maximum absolute atomic E-state index is 13.0. The molecule has 1 aromatic carbocycles. The van der Waals surface area contributed by atoms with Gasteiger partial charge in [0.2, 0.25) is 0 Å². The fourth-order valence-electron chi connectivity index (χ4n) is 3.31. The molecule has 0 fully saturated rings. The normalized spacial score (nSPS) is 12.8. The fraction of sp³-hybridized carbons (Fsp3) is 0.286. The molecule has 3 aromatic heterocycles. The zero-order chi connectivity index (χ0) is 24.5. The van der Waals surface area contributed by atoms with Crippen molar-refractivity contribution in [1.29, 1.82) is 0 Å². The van der Waals surface area contributed by atoms with Crippen molar-refractivity contribution in [2.75, 3.05) is 0 Å². The number of pyridine rings is 1. The van der Waals surface area contributed by atoms with Gasteiger partial charge in [0, 0.05) is 23.3 Å². The molecule has 9 nitrogen and oxygen atoms in total. The Balaban J connectivity index is 1.74. The van der Waals surface area contributed by atoms with Gasteiger partial charge in [-0.05, 0) is 43.3 Å². The number of aliphatic hydroxyl groups is 1. The summed E-state index contributed by atoms with van der Waals surface area (Å²) in [5.41, 5.74) is 0.230. The maximum Gasteiger partial charge on any atom is 0.390 e. The van der Waals surface area contributed by atoms with Gasteiger partial charge in [-0.1, -0.05) is 11.6 Å². The Kier molecular flexibility index (Phi) is 6.53. The molecule has 0 spiro atoms. The Bertz CT molecular complexity index is 1330. The van der Waals surface area contributed by atoms with Crippen LogP contribution in [0.15, 0.2) is 53.6 Å². The van der Waals surface area contributed by atoms with Crippen LogP contribution >= 0.6 is 11.6 Å². The van der Waals surface area contributed by atoms with Crippen molar-refractivity contribution in [3.05, 3.63) is 75.9 Å². The minimum Gasteiger partial charge on any atom is -0.385 e. The molecule has 4 aromatic rings. The molecule has 3 heterocycles. The third kappa shape index (κ3) is 5.18. The first-order chi connectivity index (χ1) is 16.1. The first kappa shape index (κ1) is 23.6. The summed E-state index contributed by atoms with van der Waals surface area (Å²) < 4.78 is 42.0. The van der Waals surface area contributed by atoms with Gasteiger partial charge in [-0.3, -0.25) is 9.55 Å². The van der Waals surface area contributed by atoms with Crippen LogP contribution in [0.4, 0.5) is 13.2 Å². The van der Waals surface area contributed by atoms with Crippen LogP contribution in [0.5, 0.6) is 0 Å². The maximum atomic E-state index is 13.0. The summed E-state index contributed by atoms with van der Waals surface area (Å²) in [5.74, 6) is 0.420. The molecule has 0 aliphatic carbocycles. The highest BCUT2D eigenvalue weighted by atomic mass is 35.5. The molecule has 0 radical (unpaired) electrons. The molecule has 34 heavy (non-hydrogen) atoms. The third-order valence-corrected chi connectivity index (χ3v) is 5.13. The lowest BCUT2D eigenvalue weighted by Gasteiger charge is -2.08. The van der Waals surface area contributed by atoms with Crippen LogP contribution in [0.1, 0.15) is 31.1 Å². The van der Waals surface area contributed by atoms with Crippen molar-refractivity contribution in [3.63, 3.8) is 0 Å². The number of halogens is 4. The summed E-state index contributed by atoms with van der Waals surface area (Å²) in [6, 6.07) is 9.65. The van der Waals surface area contributed by atoms with Crippen LogP contribution in [0.2, 0.25) is 5.02 Å². The van der Waals surface area contributed by atoms with Crippen LogP contribution in [0.25, 0.3) is 17.1 Å². The summed E-state index contributed by atoms with van der Waals surface area (Å²) >= 11 is 5.91. The second kappa shape index (κ2) is 9.39. The van der Waals surface area contributed by atoms with Crippen LogP contribution in [0, 0.1) is 0 Å². The molecule has 0 aliphatic rings. The van der Waals surface area contributed by atoms with Gasteiger partial charge in [-0.25, -0.2) is 19.1 Å². The van der Waals surface area contributed by atoms with E-state index in [1.54, 1.807) is 42.6 Å². The van der Waals surface area contributed by atoms with Gasteiger partial charge in [0.15, 0.2) is 17.5 Å². The number of alkyl halides is 3. The quantitative estimate of drug-likeness (QED) is 0.423. The topological polar surface area (TPSA) is 104 Å². The highest BCUT2D eigenvalue weighted by molar-refractivity contribution is 6.30. The van der Waals surface area contributed by atoms with Crippen molar-refractivity contribution in [1.82, 2.24) is 34.1 Å². The van der Waals surface area contributed by atoms with Gasteiger partial charge < -0.3 is 5.11 Å². The molecule has 1 atom stereocenters. The Morgan fingerprint density at radius 1 is 1.15 bits per heavy atom. The molecule has 0 aliphatic heterocycles. The fourth-order valence-corrected chi connectivity index (χ4v) is 3.43. The third-order valence-electron chi connectivity index (χ3n) is 4.88. The summed E-state index contributed by atoms with van der Waals surface area (Å²) in [6.07, 6.45) is -3.52. The van der Waals surface area contributed by atoms with Gasteiger partial charge in [0.25, 0.3) is 0 Å². The van der Waals surface area contributed by atoms with Gasteiger partial charge in [0.1, 0.15) is 12.6 Å². The van der Waals surface area contributed by atoms with Crippen molar-refractivity contribution in [2.45, 2.75) is 38.7 Å². The van der Waals surface area contributed by atoms with Crippen LogP contribution in [0.3, 0.4) is 0 Å². The molecular formula is C21H19ClF3N7O2. The number of hydrogen-bond acceptors (Lipinski definition) is 6. The molecule has 178 valence electrons. The summed E-state index contributed by atoms with van der Waals surface area (Å²) in [4.78, 5) is 21.3. The van der Waals surface area contributed by atoms with Crippen molar-refractivity contribution in [2.24, 2.45) is 0 Å². The summed E-state index contributed by atoms with van der Waals surface area (Å²) in [5, 5.41) is 19.1. The average molecular weight is 494 g/mol. The molecule has 1 unspecified atom stereocenters. The minimum absolute atomic E-state index is 0.0633. The number of hydrogen-bond donors (Lipinski definition) is 1. The second-order valence-electron chi connectivity index (χ2n) is 7.47. The zero-order valence-electron chi connectivity index (χ0n) is 17.8. The van der Waals surface area contributed by atoms with Crippen LogP contribution in [-0.2, 0) is 13.1 Å². The van der Waals surface area contributed by atoms with E-state index in [1.807, 2.05) is 0 Å². The zero-order valence-corrected chi connectivity index (χ0v) is 18.6. The predicted octanol–water partition coefficient (Wildman–Crippen LogP) is 3.39. The molecule has 0 bridgehead atoms. The number of aliphatic hydroxyl groups excluding tert-OH is 1. The Morgan fingerprint density at radius 2 is 1.88 bits per heavy atom. The molecule has 4 rings (SSSR count). The Labute approximate surface area is 196 Å². The van der Waals surface area contributed by atoms with E-state index in [0.717, 1.165) is 9.25 Å². The lowest BCUT2D eigenvalue weighted by atomic mass is 10.2. The average Bonchev–Trinajstić information content (AvgIpc) is 3.35. The summed E-state index contributed by atoms with van der Waals surface area (Å²) in [6.45, 7) is 0.694. The first-order valence-electron chi connectivity index (χ1n) is 10.2. The largest absolute Gasteiger partial charge is 0.390 e. The van der Waals surface area contributed by atoms with E-state index in [0.29, 0.717) is 16.3 Å². The van der Waals surface area contributed by atoms with E-state index in [4.69, 9.17) is 11.6 Å². The molecule has 0 amide bonds. The van der Waals surface area contributed by atoms with Gasteiger partial charge in [-0.2, -0.15) is 13.2 Å². The number of benzene rings is 1. The van der Waals surface area contributed by atoms with E-state index in [2.05, 4.69) is 20.2 Å². The van der Waals surface area contributed by atoms with Gasteiger partial charge in [-0.15, -0.1) is 10.2 Å². The lowest BCUT2D eigenvalue weighted by Crippen LogP contribution is -2.27. The number of nitrogens with zero attached hydrogens (tertiary/aromatic N) is 7. The van der Waals surface area contributed by atoms with E-state index in [9.17, 15) is 23.1 Å². The van der Waals surface area contributed by atoms with E-state index >= 15 is 0 Å². The van der Waals surface area contributed by atoms with E-state index < -0.39 is 30.9 Å². The molecule has 1 N–H and O–H groups in total. The monoisotopic (exact) mass is 493 g/mol. The van der Waals surface area contributed by atoms with E-state index in [1.165, 1.54) is 17.8 Å². The van der Waals surface area contributed by atoms with Crippen LogP contribution < -0.4 is 5.69 Å². The minimum atomic E-state index is -4.45. The molecule has 0 saturated carbocycles. The SMILES string of the molecule is CC(O)c1nc(Cn2nc(-c3ccc(Cl)cc3)n(CCC(F)(F)F)c2=O)nn1-c1cccnc1.